The van der Waals surface area contributed by atoms with Gasteiger partial charge in [-0.15, -0.1) is 0 Å². The standard InChI is InChI=1S/C15H19N3O2/c16-4-1-5-18-12-9-14-13(19-6-7-20-14)8-11(12)17-15(18)10-2-3-10/h8-10H,1-7,16H2. The van der Waals surface area contributed by atoms with Crippen molar-refractivity contribution in [3.05, 3.63) is 18.0 Å². The molecule has 1 fully saturated rings. The summed E-state index contributed by atoms with van der Waals surface area (Å²) in [6.07, 6.45) is 3.47. The number of benzene rings is 1. The summed E-state index contributed by atoms with van der Waals surface area (Å²) in [6.45, 7) is 2.86. The minimum Gasteiger partial charge on any atom is -0.486 e. The van der Waals surface area contributed by atoms with Crippen LogP contribution in [0.25, 0.3) is 11.0 Å². The van der Waals surface area contributed by atoms with Gasteiger partial charge in [-0.25, -0.2) is 4.98 Å². The third-order valence-electron chi connectivity index (χ3n) is 3.97. The van der Waals surface area contributed by atoms with Crippen LogP contribution in [0.1, 0.15) is 31.0 Å². The molecule has 0 atom stereocenters. The highest BCUT2D eigenvalue weighted by molar-refractivity contribution is 5.81. The summed E-state index contributed by atoms with van der Waals surface area (Å²) in [5, 5.41) is 0. The van der Waals surface area contributed by atoms with Crippen LogP contribution in [0.3, 0.4) is 0 Å². The maximum atomic E-state index is 5.69. The molecule has 0 bridgehead atoms. The van der Waals surface area contributed by atoms with Gasteiger partial charge in [-0.05, 0) is 25.8 Å². The molecule has 20 heavy (non-hydrogen) atoms. The van der Waals surface area contributed by atoms with Crippen molar-refractivity contribution < 1.29 is 9.47 Å². The summed E-state index contributed by atoms with van der Waals surface area (Å²) in [6, 6.07) is 4.08. The number of nitrogens with zero attached hydrogens (tertiary/aromatic N) is 2. The predicted octanol–water partition coefficient (Wildman–Crippen LogP) is 2.03. The van der Waals surface area contributed by atoms with E-state index in [1.54, 1.807) is 0 Å². The van der Waals surface area contributed by atoms with E-state index in [9.17, 15) is 0 Å². The van der Waals surface area contributed by atoms with E-state index in [-0.39, 0.29) is 0 Å². The van der Waals surface area contributed by atoms with Crippen molar-refractivity contribution in [3.63, 3.8) is 0 Å². The van der Waals surface area contributed by atoms with Gasteiger partial charge < -0.3 is 19.8 Å². The molecule has 1 aromatic carbocycles. The van der Waals surface area contributed by atoms with Crippen molar-refractivity contribution in [2.45, 2.75) is 31.7 Å². The molecule has 1 aliphatic carbocycles. The monoisotopic (exact) mass is 273 g/mol. The number of nitrogens with two attached hydrogens (primary N) is 1. The van der Waals surface area contributed by atoms with E-state index in [1.807, 2.05) is 6.07 Å². The highest BCUT2D eigenvalue weighted by Gasteiger charge is 2.30. The van der Waals surface area contributed by atoms with Crippen LogP contribution in [0.5, 0.6) is 11.5 Å². The molecule has 2 aliphatic rings. The lowest BCUT2D eigenvalue weighted by Gasteiger charge is -2.18. The topological polar surface area (TPSA) is 62.3 Å². The summed E-state index contributed by atoms with van der Waals surface area (Å²) in [5.74, 6) is 3.48. The van der Waals surface area contributed by atoms with Gasteiger partial charge in [0.25, 0.3) is 0 Å². The van der Waals surface area contributed by atoms with Gasteiger partial charge in [0.05, 0.1) is 11.0 Å². The normalized spacial score (nSPS) is 17.6. The molecule has 1 saturated carbocycles. The van der Waals surface area contributed by atoms with Gasteiger partial charge in [0, 0.05) is 24.6 Å². The van der Waals surface area contributed by atoms with E-state index in [2.05, 4.69) is 10.6 Å². The van der Waals surface area contributed by atoms with Crippen molar-refractivity contribution in [1.29, 1.82) is 0 Å². The number of imidazole rings is 1. The fourth-order valence-electron chi connectivity index (χ4n) is 2.82. The first-order valence-corrected chi connectivity index (χ1v) is 7.36. The Kier molecular flexibility index (Phi) is 2.80. The van der Waals surface area contributed by atoms with E-state index >= 15 is 0 Å². The average molecular weight is 273 g/mol. The third kappa shape index (κ3) is 1.93. The van der Waals surface area contributed by atoms with Crippen LogP contribution in [0, 0.1) is 0 Å². The lowest BCUT2D eigenvalue weighted by Crippen LogP contribution is -2.15. The van der Waals surface area contributed by atoms with Gasteiger partial charge in [0.1, 0.15) is 19.0 Å². The highest BCUT2D eigenvalue weighted by Crippen LogP contribution is 2.42. The molecule has 0 amide bonds. The molecule has 1 aromatic heterocycles. The van der Waals surface area contributed by atoms with E-state index in [0.29, 0.717) is 25.7 Å². The largest absolute Gasteiger partial charge is 0.486 e. The maximum Gasteiger partial charge on any atom is 0.163 e. The van der Waals surface area contributed by atoms with Crippen molar-refractivity contribution in [1.82, 2.24) is 9.55 Å². The quantitative estimate of drug-likeness (QED) is 0.926. The molecular formula is C15H19N3O2. The van der Waals surface area contributed by atoms with Crippen LogP contribution in [0.4, 0.5) is 0 Å². The van der Waals surface area contributed by atoms with Crippen LogP contribution < -0.4 is 15.2 Å². The Bertz CT molecular complexity index is 646. The first kappa shape index (κ1) is 12.0. The second-order valence-electron chi connectivity index (χ2n) is 5.52. The molecule has 2 aromatic rings. The minimum atomic E-state index is 0.613. The fourth-order valence-corrected chi connectivity index (χ4v) is 2.82. The molecule has 2 N–H and O–H groups in total. The van der Waals surface area contributed by atoms with Crippen molar-refractivity contribution >= 4 is 11.0 Å². The van der Waals surface area contributed by atoms with Gasteiger partial charge in [0.15, 0.2) is 11.5 Å². The van der Waals surface area contributed by atoms with Gasteiger partial charge in [-0.1, -0.05) is 0 Å². The smallest absolute Gasteiger partial charge is 0.163 e. The van der Waals surface area contributed by atoms with Crippen LogP contribution in [-0.2, 0) is 6.54 Å². The predicted molar refractivity (Wildman–Crippen MR) is 76.4 cm³/mol. The average Bonchev–Trinajstić information content (AvgIpc) is 3.26. The Morgan fingerprint density at radius 2 is 1.95 bits per heavy atom. The Hall–Kier alpha value is -1.75. The molecule has 1 aliphatic heterocycles. The molecule has 0 radical (unpaired) electrons. The summed E-state index contributed by atoms with van der Waals surface area (Å²) in [5.41, 5.74) is 7.81. The maximum absolute atomic E-state index is 5.69. The molecule has 0 spiro atoms. The zero-order valence-corrected chi connectivity index (χ0v) is 11.5. The van der Waals surface area contributed by atoms with E-state index in [0.717, 1.165) is 35.5 Å². The number of fused-ring (bicyclic) bond motifs is 2. The van der Waals surface area contributed by atoms with Crippen LogP contribution in [0.2, 0.25) is 0 Å². The van der Waals surface area contributed by atoms with E-state index < -0.39 is 0 Å². The number of ether oxygens (including phenoxy) is 2. The Balaban J connectivity index is 1.84. The summed E-state index contributed by atoms with van der Waals surface area (Å²) < 4.78 is 13.6. The molecule has 5 nitrogen and oxygen atoms in total. The fraction of sp³-hybridized carbons (Fsp3) is 0.533. The second-order valence-corrected chi connectivity index (χ2v) is 5.52. The van der Waals surface area contributed by atoms with E-state index in [4.69, 9.17) is 20.2 Å². The molecule has 106 valence electrons. The van der Waals surface area contributed by atoms with E-state index in [1.165, 1.54) is 18.7 Å². The van der Waals surface area contributed by atoms with Crippen molar-refractivity contribution in [3.8, 4) is 11.5 Å². The lowest BCUT2D eigenvalue weighted by molar-refractivity contribution is 0.172. The number of rotatable bonds is 4. The molecular weight excluding hydrogens is 254 g/mol. The Morgan fingerprint density at radius 1 is 1.20 bits per heavy atom. The zero-order valence-electron chi connectivity index (χ0n) is 11.5. The van der Waals surface area contributed by atoms with Crippen LogP contribution in [-0.4, -0.2) is 29.3 Å². The van der Waals surface area contributed by atoms with Gasteiger partial charge in [0.2, 0.25) is 0 Å². The summed E-state index contributed by atoms with van der Waals surface area (Å²) in [4.78, 5) is 4.82. The van der Waals surface area contributed by atoms with Gasteiger partial charge in [-0.3, -0.25) is 0 Å². The Labute approximate surface area is 117 Å². The highest BCUT2D eigenvalue weighted by atomic mass is 16.6. The Morgan fingerprint density at radius 3 is 2.65 bits per heavy atom. The van der Waals surface area contributed by atoms with Crippen molar-refractivity contribution in [2.24, 2.45) is 5.73 Å². The van der Waals surface area contributed by atoms with Crippen LogP contribution >= 0.6 is 0 Å². The number of aryl methyl sites for hydroxylation is 1. The number of aromatic nitrogens is 2. The summed E-state index contributed by atoms with van der Waals surface area (Å²) in [7, 11) is 0. The van der Waals surface area contributed by atoms with Gasteiger partial charge in [-0.2, -0.15) is 0 Å². The molecule has 0 unspecified atom stereocenters. The molecule has 2 heterocycles. The number of hydrogen-bond donors (Lipinski definition) is 1. The minimum absolute atomic E-state index is 0.613. The summed E-state index contributed by atoms with van der Waals surface area (Å²) >= 11 is 0. The first-order valence-electron chi connectivity index (χ1n) is 7.36. The van der Waals surface area contributed by atoms with Crippen LogP contribution in [0.15, 0.2) is 12.1 Å². The zero-order chi connectivity index (χ0) is 13.5. The van der Waals surface area contributed by atoms with Crippen molar-refractivity contribution in [2.75, 3.05) is 19.8 Å². The number of hydrogen-bond acceptors (Lipinski definition) is 4. The van der Waals surface area contributed by atoms with Gasteiger partial charge >= 0.3 is 0 Å². The molecule has 5 heteroatoms. The SMILES string of the molecule is NCCCn1c(C2CC2)nc2cc3c(cc21)OCCO3. The lowest BCUT2D eigenvalue weighted by atomic mass is 10.2. The second kappa shape index (κ2) is 4.66. The molecule has 4 rings (SSSR count). The molecule has 0 saturated heterocycles. The third-order valence-corrected chi connectivity index (χ3v) is 3.97. The first-order chi connectivity index (χ1) is 9.86.